The fourth-order valence-corrected chi connectivity index (χ4v) is 1.77. The molecule has 0 aliphatic rings. The van der Waals surface area contributed by atoms with E-state index in [-0.39, 0.29) is 23.6 Å². The number of phenolic OH excluding ortho intramolecular Hbond substituents is 1. The average Bonchev–Trinajstić information content (AvgIpc) is 2.86. The second-order valence-corrected chi connectivity index (χ2v) is 4.21. The molecule has 0 aliphatic heterocycles. The molecule has 2 rings (SSSR count). The zero-order valence-electron chi connectivity index (χ0n) is 11.2. The van der Waals surface area contributed by atoms with Crippen LogP contribution in [0.4, 0.5) is 0 Å². The number of carbonyl (C=O) groups excluding carboxylic acids is 2. The zero-order chi connectivity index (χ0) is 14.7. The first kappa shape index (κ1) is 13.8. The summed E-state index contributed by atoms with van der Waals surface area (Å²) in [7, 11) is 0. The van der Waals surface area contributed by atoms with E-state index >= 15 is 0 Å². The van der Waals surface area contributed by atoms with Gasteiger partial charge in [0.15, 0.2) is 12.0 Å². The highest BCUT2D eigenvalue weighted by Gasteiger charge is 2.19. The van der Waals surface area contributed by atoms with Crippen molar-refractivity contribution < 1.29 is 19.4 Å². The van der Waals surface area contributed by atoms with Crippen LogP contribution >= 0.6 is 0 Å². The summed E-state index contributed by atoms with van der Waals surface area (Å²) < 4.78 is 6.13. The Kier molecular flexibility index (Phi) is 3.84. The molecule has 0 fully saturated rings. The molecule has 0 saturated heterocycles. The van der Waals surface area contributed by atoms with Crippen molar-refractivity contribution in [2.45, 2.75) is 13.8 Å². The second-order valence-electron chi connectivity index (χ2n) is 4.21. The van der Waals surface area contributed by atoms with Crippen molar-refractivity contribution in [3.63, 3.8) is 0 Å². The van der Waals surface area contributed by atoms with Crippen LogP contribution in [0.15, 0.2) is 24.4 Å². The normalized spacial score (nSPS) is 10.3. The first-order valence-corrected chi connectivity index (χ1v) is 6.08. The maximum atomic E-state index is 11.7. The van der Waals surface area contributed by atoms with Crippen molar-refractivity contribution >= 4 is 12.3 Å². The minimum atomic E-state index is -0.666. The number of esters is 1. The Morgan fingerprint density at radius 2 is 2.25 bits per heavy atom. The smallest absolute Gasteiger partial charge is 0.359 e. The number of phenols is 1. The van der Waals surface area contributed by atoms with Crippen LogP contribution in [-0.4, -0.2) is 33.7 Å². The minimum Gasteiger partial charge on any atom is -0.506 e. The molecule has 6 heteroatoms. The summed E-state index contributed by atoms with van der Waals surface area (Å²) in [5.41, 5.74) is 1.36. The molecule has 6 nitrogen and oxygen atoms in total. The third-order valence-electron chi connectivity index (χ3n) is 2.72. The molecule has 1 heterocycles. The number of aryl methyl sites for hydroxylation is 1. The largest absolute Gasteiger partial charge is 0.506 e. The summed E-state index contributed by atoms with van der Waals surface area (Å²) >= 11 is 0. The first-order valence-electron chi connectivity index (χ1n) is 6.08. The van der Waals surface area contributed by atoms with Crippen molar-refractivity contribution in [2.24, 2.45) is 0 Å². The number of rotatable bonds is 4. The van der Waals surface area contributed by atoms with Crippen molar-refractivity contribution in [3.8, 4) is 11.4 Å². The van der Waals surface area contributed by atoms with E-state index in [1.165, 1.54) is 16.9 Å². The van der Waals surface area contributed by atoms with Crippen LogP contribution in [0.25, 0.3) is 5.69 Å². The highest BCUT2D eigenvalue weighted by atomic mass is 16.5. The molecule has 1 aromatic heterocycles. The van der Waals surface area contributed by atoms with Crippen molar-refractivity contribution in [2.75, 3.05) is 6.61 Å². The number of carbonyl (C=O) groups is 2. The fraction of sp³-hybridized carbons (Fsp3) is 0.214. The summed E-state index contributed by atoms with van der Waals surface area (Å²) in [6.45, 7) is 3.72. The van der Waals surface area contributed by atoms with Gasteiger partial charge < -0.3 is 9.84 Å². The summed E-state index contributed by atoms with van der Waals surface area (Å²) in [5, 5.41) is 13.9. The molecular weight excluding hydrogens is 260 g/mol. The van der Waals surface area contributed by atoms with Gasteiger partial charge in [0, 0.05) is 6.20 Å². The number of hydrogen-bond donors (Lipinski definition) is 1. The number of benzene rings is 1. The van der Waals surface area contributed by atoms with Gasteiger partial charge in [-0.2, -0.15) is 5.10 Å². The Hall–Kier alpha value is -2.63. The van der Waals surface area contributed by atoms with Crippen LogP contribution in [0.1, 0.15) is 33.3 Å². The predicted molar refractivity (Wildman–Crippen MR) is 71.3 cm³/mol. The second kappa shape index (κ2) is 5.56. The van der Waals surface area contributed by atoms with Gasteiger partial charge in [0.25, 0.3) is 0 Å². The minimum absolute atomic E-state index is 0.00552. The lowest BCUT2D eigenvalue weighted by molar-refractivity contribution is 0.0517. The van der Waals surface area contributed by atoms with E-state index in [1.807, 2.05) is 6.92 Å². The molecule has 20 heavy (non-hydrogen) atoms. The highest BCUT2D eigenvalue weighted by molar-refractivity contribution is 5.96. The topological polar surface area (TPSA) is 81.4 Å². The molecule has 0 saturated carbocycles. The van der Waals surface area contributed by atoms with Crippen LogP contribution < -0.4 is 0 Å². The summed E-state index contributed by atoms with van der Waals surface area (Å²) in [6, 6.07) is 4.97. The molecule has 0 amide bonds. The maximum Gasteiger partial charge on any atom is 0.359 e. The maximum absolute atomic E-state index is 11.7. The molecular formula is C14H14N2O4. The number of aromatic nitrogens is 2. The van der Waals surface area contributed by atoms with Crippen LogP contribution in [-0.2, 0) is 4.74 Å². The molecule has 0 spiro atoms. The van der Waals surface area contributed by atoms with Gasteiger partial charge in [-0.05, 0) is 31.5 Å². The quantitative estimate of drug-likeness (QED) is 0.680. The number of hydrogen-bond acceptors (Lipinski definition) is 5. The molecule has 1 aromatic carbocycles. The lowest BCUT2D eigenvalue weighted by atomic mass is 10.2. The fourth-order valence-electron chi connectivity index (χ4n) is 1.77. The van der Waals surface area contributed by atoms with Crippen LogP contribution in [0, 0.1) is 6.92 Å². The molecule has 0 radical (unpaired) electrons. The first-order chi connectivity index (χ1) is 9.56. The summed E-state index contributed by atoms with van der Waals surface area (Å²) in [5.74, 6) is -0.661. The van der Waals surface area contributed by atoms with Crippen LogP contribution in [0.2, 0.25) is 0 Å². The van der Waals surface area contributed by atoms with Crippen molar-refractivity contribution in [1.82, 2.24) is 9.78 Å². The Bertz CT molecular complexity index is 661. The molecule has 0 unspecified atom stereocenters. The molecule has 0 atom stereocenters. The molecule has 1 N–H and O–H groups in total. The van der Waals surface area contributed by atoms with Gasteiger partial charge >= 0.3 is 5.97 Å². The number of nitrogens with zero attached hydrogens (tertiary/aromatic N) is 2. The average molecular weight is 274 g/mol. The number of ether oxygens (including phenoxy) is 1. The van der Waals surface area contributed by atoms with Gasteiger partial charge in [0.2, 0.25) is 0 Å². The van der Waals surface area contributed by atoms with E-state index in [0.29, 0.717) is 12.0 Å². The van der Waals surface area contributed by atoms with Crippen molar-refractivity contribution in [1.29, 1.82) is 0 Å². The lowest BCUT2D eigenvalue weighted by Crippen LogP contribution is -2.08. The van der Waals surface area contributed by atoms with Gasteiger partial charge in [0.05, 0.1) is 12.2 Å². The Morgan fingerprint density at radius 3 is 2.90 bits per heavy atom. The van der Waals surface area contributed by atoms with E-state index in [4.69, 9.17) is 4.74 Å². The van der Waals surface area contributed by atoms with Gasteiger partial charge in [-0.1, -0.05) is 6.07 Å². The van der Waals surface area contributed by atoms with E-state index in [0.717, 1.165) is 5.56 Å². The highest BCUT2D eigenvalue weighted by Crippen LogP contribution is 2.23. The molecule has 2 aromatic rings. The van der Waals surface area contributed by atoms with Crippen LogP contribution in [0.5, 0.6) is 5.75 Å². The van der Waals surface area contributed by atoms with E-state index in [9.17, 15) is 14.7 Å². The predicted octanol–water partition coefficient (Wildman–Crippen LogP) is 1.88. The summed E-state index contributed by atoms with van der Waals surface area (Å²) in [6.07, 6.45) is 1.91. The number of aromatic hydroxyl groups is 1. The van der Waals surface area contributed by atoms with Crippen molar-refractivity contribution in [3.05, 3.63) is 41.2 Å². The lowest BCUT2D eigenvalue weighted by Gasteiger charge is -2.05. The molecule has 0 aliphatic carbocycles. The van der Waals surface area contributed by atoms with Gasteiger partial charge in [-0.25, -0.2) is 9.48 Å². The van der Waals surface area contributed by atoms with Gasteiger partial charge in [-0.3, -0.25) is 4.79 Å². The van der Waals surface area contributed by atoms with E-state index in [2.05, 4.69) is 5.10 Å². The molecule has 104 valence electrons. The zero-order valence-corrected chi connectivity index (χ0v) is 11.2. The Balaban J connectivity index is 2.51. The monoisotopic (exact) mass is 274 g/mol. The van der Waals surface area contributed by atoms with Crippen LogP contribution in [0.3, 0.4) is 0 Å². The number of aldehydes is 1. The van der Waals surface area contributed by atoms with Gasteiger partial charge in [0.1, 0.15) is 11.4 Å². The Morgan fingerprint density at radius 1 is 1.50 bits per heavy atom. The Labute approximate surface area is 115 Å². The summed E-state index contributed by atoms with van der Waals surface area (Å²) in [4.78, 5) is 22.7. The molecule has 0 bridgehead atoms. The van der Waals surface area contributed by atoms with E-state index in [1.54, 1.807) is 19.1 Å². The third kappa shape index (κ3) is 2.54. The SMILES string of the molecule is CCOC(=O)c1nn(-c2cc(C)ccc2O)cc1C=O. The van der Waals surface area contributed by atoms with Gasteiger partial charge in [-0.15, -0.1) is 0 Å². The standard InChI is InChI=1S/C14H14N2O4/c1-3-20-14(19)13-10(8-17)7-16(15-13)11-6-9(2)4-5-12(11)18/h4-8,18H,3H2,1-2H3. The van der Waals surface area contributed by atoms with E-state index < -0.39 is 5.97 Å². The third-order valence-corrected chi connectivity index (χ3v) is 2.72.